The van der Waals surface area contributed by atoms with Gasteiger partial charge in [0.1, 0.15) is 11.3 Å². The van der Waals surface area contributed by atoms with Gasteiger partial charge < -0.3 is 10.2 Å². The Morgan fingerprint density at radius 2 is 2.11 bits per heavy atom. The maximum atomic E-state index is 11.6. The molecular formula is C13H11N3O2. The second-order valence-electron chi connectivity index (χ2n) is 4.07. The van der Waals surface area contributed by atoms with Crippen molar-refractivity contribution in [1.29, 1.82) is 0 Å². The number of para-hydroxylation sites is 1. The van der Waals surface area contributed by atoms with Crippen molar-refractivity contribution in [2.75, 3.05) is 5.73 Å². The predicted octanol–water partition coefficient (Wildman–Crippen LogP) is 2.07. The number of anilines is 1. The van der Waals surface area contributed by atoms with Crippen molar-refractivity contribution in [3.05, 3.63) is 46.2 Å². The Kier molecular flexibility index (Phi) is 2.19. The van der Waals surface area contributed by atoms with Crippen LogP contribution in [0.2, 0.25) is 0 Å². The number of fused-ring (bicyclic) bond motifs is 1. The minimum atomic E-state index is -0.252. The number of nitrogens with two attached hydrogens (primary N) is 1. The molecule has 0 fully saturated rings. The normalized spacial score (nSPS) is 10.9. The lowest BCUT2D eigenvalue weighted by molar-refractivity contribution is 0.627. The second-order valence-corrected chi connectivity index (χ2v) is 4.07. The summed E-state index contributed by atoms with van der Waals surface area (Å²) >= 11 is 0. The van der Waals surface area contributed by atoms with Crippen molar-refractivity contribution in [1.82, 2.24) is 9.97 Å². The zero-order valence-electron chi connectivity index (χ0n) is 9.73. The zero-order valence-corrected chi connectivity index (χ0v) is 9.73. The number of aromatic nitrogens is 2. The molecule has 2 heterocycles. The molecule has 3 aromatic rings. The Bertz CT molecular complexity index is 753. The summed E-state index contributed by atoms with van der Waals surface area (Å²) in [4.78, 5) is 18.2. The summed E-state index contributed by atoms with van der Waals surface area (Å²) in [6, 6.07) is 9.47. The fourth-order valence-electron chi connectivity index (χ4n) is 1.89. The lowest BCUT2D eigenvalue weighted by Crippen LogP contribution is -2.15. The number of hydrogen-bond acceptors (Lipinski definition) is 4. The van der Waals surface area contributed by atoms with E-state index in [0.29, 0.717) is 17.0 Å². The standard InChI is InChI=1S/C13H11N3O2/c1-7-11(15-13(14)16-12(7)17)10-6-8-4-2-3-5-9(8)18-10/h2-6H,1H3,(H3,14,15,16,17). The molecule has 0 aliphatic rings. The number of nitrogens with zero attached hydrogens (tertiary/aromatic N) is 1. The highest BCUT2D eigenvalue weighted by Crippen LogP contribution is 2.27. The van der Waals surface area contributed by atoms with Crippen LogP contribution >= 0.6 is 0 Å². The van der Waals surface area contributed by atoms with Gasteiger partial charge >= 0.3 is 0 Å². The molecule has 0 atom stereocenters. The van der Waals surface area contributed by atoms with Crippen LogP contribution in [0, 0.1) is 6.92 Å². The molecule has 0 saturated heterocycles. The number of benzene rings is 1. The number of nitrogens with one attached hydrogen (secondary N) is 1. The molecule has 0 amide bonds. The van der Waals surface area contributed by atoms with E-state index in [9.17, 15) is 4.79 Å². The molecule has 5 nitrogen and oxygen atoms in total. The lowest BCUT2D eigenvalue weighted by atomic mass is 10.2. The molecule has 0 unspecified atom stereocenters. The van der Waals surface area contributed by atoms with Crippen molar-refractivity contribution < 1.29 is 4.42 Å². The summed E-state index contributed by atoms with van der Waals surface area (Å²) in [5.41, 5.74) is 7.02. The largest absolute Gasteiger partial charge is 0.454 e. The summed E-state index contributed by atoms with van der Waals surface area (Å²) in [5, 5.41) is 0.965. The third kappa shape index (κ3) is 1.57. The SMILES string of the molecule is Cc1c(-c2cc3ccccc3o2)nc(N)[nH]c1=O. The lowest BCUT2D eigenvalue weighted by Gasteiger charge is -2.01. The molecule has 90 valence electrons. The van der Waals surface area contributed by atoms with Gasteiger partial charge in [-0.25, -0.2) is 4.98 Å². The van der Waals surface area contributed by atoms with Gasteiger partial charge in [-0.15, -0.1) is 0 Å². The van der Waals surface area contributed by atoms with E-state index in [1.165, 1.54) is 0 Å². The van der Waals surface area contributed by atoms with Gasteiger partial charge in [-0.05, 0) is 19.1 Å². The van der Waals surface area contributed by atoms with E-state index >= 15 is 0 Å². The Hall–Kier alpha value is -2.56. The molecule has 0 aliphatic carbocycles. The van der Waals surface area contributed by atoms with Crippen LogP contribution in [0.3, 0.4) is 0 Å². The zero-order chi connectivity index (χ0) is 12.7. The van der Waals surface area contributed by atoms with Crippen LogP contribution in [0.5, 0.6) is 0 Å². The van der Waals surface area contributed by atoms with Crippen molar-refractivity contribution in [3.63, 3.8) is 0 Å². The van der Waals surface area contributed by atoms with Gasteiger partial charge in [0.25, 0.3) is 5.56 Å². The highest BCUT2D eigenvalue weighted by Gasteiger charge is 2.13. The van der Waals surface area contributed by atoms with Crippen LogP contribution in [-0.4, -0.2) is 9.97 Å². The summed E-state index contributed by atoms with van der Waals surface area (Å²) in [6.07, 6.45) is 0. The average Bonchev–Trinajstić information content (AvgIpc) is 2.77. The second kappa shape index (κ2) is 3.73. The Balaban J connectivity index is 2.29. The number of nitrogen functional groups attached to an aromatic ring is 1. The van der Waals surface area contributed by atoms with E-state index in [0.717, 1.165) is 11.0 Å². The Labute approximate surface area is 102 Å². The number of hydrogen-bond donors (Lipinski definition) is 2. The van der Waals surface area contributed by atoms with E-state index in [2.05, 4.69) is 9.97 Å². The van der Waals surface area contributed by atoms with Gasteiger partial charge in [-0.2, -0.15) is 0 Å². The van der Waals surface area contributed by atoms with Crippen molar-refractivity contribution >= 4 is 16.9 Å². The van der Waals surface area contributed by atoms with E-state index in [4.69, 9.17) is 10.2 Å². The molecule has 0 aliphatic heterocycles. The van der Waals surface area contributed by atoms with Crippen molar-refractivity contribution in [2.45, 2.75) is 6.92 Å². The van der Waals surface area contributed by atoms with E-state index in [1.807, 2.05) is 30.3 Å². The van der Waals surface area contributed by atoms with Crippen LogP contribution in [0.1, 0.15) is 5.56 Å². The van der Waals surface area contributed by atoms with Crippen molar-refractivity contribution in [3.8, 4) is 11.5 Å². The molecule has 0 spiro atoms. The molecule has 3 N–H and O–H groups in total. The molecule has 3 rings (SSSR count). The summed E-state index contributed by atoms with van der Waals surface area (Å²) in [6.45, 7) is 1.69. The van der Waals surface area contributed by atoms with Gasteiger partial charge in [-0.3, -0.25) is 9.78 Å². The first-order chi connectivity index (χ1) is 8.65. The average molecular weight is 241 g/mol. The van der Waals surface area contributed by atoms with Gasteiger partial charge in [0.05, 0.1) is 0 Å². The van der Waals surface area contributed by atoms with Crippen LogP contribution in [0.25, 0.3) is 22.4 Å². The number of aromatic amines is 1. The minimum absolute atomic E-state index is 0.0843. The first kappa shape index (κ1) is 10.6. The summed E-state index contributed by atoms with van der Waals surface area (Å²) in [5.74, 6) is 0.632. The third-order valence-corrected chi connectivity index (χ3v) is 2.83. The summed E-state index contributed by atoms with van der Waals surface area (Å²) < 4.78 is 5.67. The molecule has 5 heteroatoms. The molecule has 1 aromatic carbocycles. The minimum Gasteiger partial charge on any atom is -0.454 e. The molecule has 0 saturated carbocycles. The summed E-state index contributed by atoms with van der Waals surface area (Å²) in [7, 11) is 0. The maximum Gasteiger partial charge on any atom is 0.255 e. The fourth-order valence-corrected chi connectivity index (χ4v) is 1.89. The molecule has 2 aromatic heterocycles. The van der Waals surface area contributed by atoms with Crippen molar-refractivity contribution in [2.24, 2.45) is 0 Å². The smallest absolute Gasteiger partial charge is 0.255 e. The Morgan fingerprint density at radius 3 is 2.89 bits per heavy atom. The first-order valence-corrected chi connectivity index (χ1v) is 5.50. The van der Waals surface area contributed by atoms with E-state index < -0.39 is 0 Å². The maximum absolute atomic E-state index is 11.6. The number of furan rings is 1. The molecular weight excluding hydrogens is 230 g/mol. The molecule has 18 heavy (non-hydrogen) atoms. The van der Waals surface area contributed by atoms with Gasteiger partial charge in [-0.1, -0.05) is 18.2 Å². The first-order valence-electron chi connectivity index (χ1n) is 5.50. The highest BCUT2D eigenvalue weighted by molar-refractivity contribution is 5.82. The molecule has 0 radical (unpaired) electrons. The third-order valence-electron chi connectivity index (χ3n) is 2.83. The van der Waals surface area contributed by atoms with Crippen LogP contribution in [-0.2, 0) is 0 Å². The van der Waals surface area contributed by atoms with Gasteiger partial charge in [0.2, 0.25) is 5.95 Å². The monoisotopic (exact) mass is 241 g/mol. The quantitative estimate of drug-likeness (QED) is 0.683. The van der Waals surface area contributed by atoms with Crippen LogP contribution < -0.4 is 11.3 Å². The van der Waals surface area contributed by atoms with E-state index in [-0.39, 0.29) is 11.5 Å². The van der Waals surface area contributed by atoms with Gasteiger partial charge in [0.15, 0.2) is 5.76 Å². The van der Waals surface area contributed by atoms with E-state index in [1.54, 1.807) is 6.92 Å². The fraction of sp³-hybridized carbons (Fsp3) is 0.0769. The number of H-pyrrole nitrogens is 1. The molecule has 0 bridgehead atoms. The van der Waals surface area contributed by atoms with Crippen LogP contribution in [0.15, 0.2) is 39.5 Å². The number of rotatable bonds is 1. The van der Waals surface area contributed by atoms with Gasteiger partial charge in [0, 0.05) is 10.9 Å². The topological polar surface area (TPSA) is 84.9 Å². The van der Waals surface area contributed by atoms with Crippen LogP contribution in [0.4, 0.5) is 5.95 Å². The predicted molar refractivity (Wildman–Crippen MR) is 69.2 cm³/mol. The Morgan fingerprint density at radius 1 is 1.33 bits per heavy atom. The highest BCUT2D eigenvalue weighted by atomic mass is 16.3.